The Hall–Kier alpha value is -1.63. The number of carbonyl (C=O) groups excluding carboxylic acids is 1. The lowest BCUT2D eigenvalue weighted by Crippen LogP contribution is -2.38. The second kappa shape index (κ2) is 11.1. The number of aliphatic imine (C=N–C) groups is 1. The van der Waals surface area contributed by atoms with Gasteiger partial charge in [0.2, 0.25) is 5.91 Å². The highest BCUT2D eigenvalue weighted by Gasteiger charge is 2.18. The minimum atomic E-state index is 0.296. The third kappa shape index (κ3) is 7.42. The summed E-state index contributed by atoms with van der Waals surface area (Å²) in [6.07, 6.45) is 5.94. The number of thiazole rings is 1. The van der Waals surface area contributed by atoms with Crippen molar-refractivity contribution in [2.45, 2.75) is 52.4 Å². The number of aromatic nitrogens is 1. The minimum Gasteiger partial charge on any atom is -0.357 e. The van der Waals surface area contributed by atoms with Gasteiger partial charge >= 0.3 is 0 Å². The van der Waals surface area contributed by atoms with Gasteiger partial charge in [0, 0.05) is 50.2 Å². The number of aryl methyl sites for hydroxylation is 2. The molecule has 0 radical (unpaired) electrons. The van der Waals surface area contributed by atoms with Crippen LogP contribution in [0.5, 0.6) is 0 Å². The van der Waals surface area contributed by atoms with Crippen LogP contribution < -0.4 is 10.6 Å². The van der Waals surface area contributed by atoms with Crippen LogP contribution in [0.4, 0.5) is 0 Å². The van der Waals surface area contributed by atoms with Crippen LogP contribution in [0, 0.1) is 6.92 Å². The van der Waals surface area contributed by atoms with Gasteiger partial charge in [-0.25, -0.2) is 4.98 Å². The predicted octanol–water partition coefficient (Wildman–Crippen LogP) is 2.34. The first-order chi connectivity index (χ1) is 12.2. The number of nitrogens with one attached hydrogen (secondary N) is 2. The Kier molecular flexibility index (Phi) is 8.72. The van der Waals surface area contributed by atoms with Crippen LogP contribution in [0.2, 0.25) is 0 Å². The Labute approximate surface area is 155 Å². The maximum Gasteiger partial charge on any atom is 0.222 e. The van der Waals surface area contributed by atoms with E-state index in [0.717, 1.165) is 76.5 Å². The van der Waals surface area contributed by atoms with E-state index in [1.807, 2.05) is 11.8 Å². The summed E-state index contributed by atoms with van der Waals surface area (Å²) in [4.78, 5) is 22.6. The number of carbonyl (C=O) groups is 1. The summed E-state index contributed by atoms with van der Waals surface area (Å²) < 4.78 is 0. The largest absolute Gasteiger partial charge is 0.357 e. The van der Waals surface area contributed by atoms with Crippen molar-refractivity contribution in [2.75, 3.05) is 32.7 Å². The van der Waals surface area contributed by atoms with Gasteiger partial charge in [0.15, 0.2) is 5.96 Å². The van der Waals surface area contributed by atoms with E-state index in [1.165, 1.54) is 5.01 Å². The molecule has 1 aromatic heterocycles. The number of likely N-dealkylation sites (tertiary alicyclic amines) is 1. The van der Waals surface area contributed by atoms with Crippen LogP contribution in [-0.4, -0.2) is 54.5 Å². The molecule has 140 valence electrons. The third-order valence-corrected chi connectivity index (χ3v) is 5.17. The number of nitrogens with zero attached hydrogens (tertiary/aromatic N) is 3. The third-order valence-electron chi connectivity index (χ3n) is 4.15. The van der Waals surface area contributed by atoms with Crippen molar-refractivity contribution < 1.29 is 4.79 Å². The fraction of sp³-hybridized carbons (Fsp3) is 0.722. The van der Waals surface area contributed by atoms with E-state index in [4.69, 9.17) is 0 Å². The fourth-order valence-electron chi connectivity index (χ4n) is 2.86. The molecule has 0 saturated carbocycles. The van der Waals surface area contributed by atoms with Crippen molar-refractivity contribution in [3.05, 3.63) is 16.1 Å². The molecule has 1 aromatic rings. The SMILES string of the molecule is CCNC(=NCCCN1CCCC1=O)NCCCCc1nc(C)cs1. The van der Waals surface area contributed by atoms with Crippen LogP contribution in [0.3, 0.4) is 0 Å². The molecule has 7 heteroatoms. The first kappa shape index (κ1) is 19.7. The average Bonchev–Trinajstić information content (AvgIpc) is 3.19. The van der Waals surface area contributed by atoms with E-state index in [1.54, 1.807) is 11.3 Å². The molecule has 25 heavy (non-hydrogen) atoms. The Morgan fingerprint density at radius 2 is 2.24 bits per heavy atom. The zero-order valence-corrected chi connectivity index (χ0v) is 16.3. The van der Waals surface area contributed by atoms with Crippen LogP contribution in [0.1, 0.15) is 49.7 Å². The first-order valence-electron chi connectivity index (χ1n) is 9.40. The fourth-order valence-corrected chi connectivity index (χ4v) is 3.68. The molecule has 0 aliphatic carbocycles. The molecular formula is C18H31N5OS. The molecule has 1 fully saturated rings. The van der Waals surface area contributed by atoms with Gasteiger partial charge in [-0.05, 0) is 46.0 Å². The molecular weight excluding hydrogens is 334 g/mol. The van der Waals surface area contributed by atoms with Crippen molar-refractivity contribution in [2.24, 2.45) is 4.99 Å². The quantitative estimate of drug-likeness (QED) is 0.379. The molecule has 1 aliphatic heterocycles. The predicted molar refractivity (Wildman–Crippen MR) is 104 cm³/mol. The molecule has 0 bridgehead atoms. The van der Waals surface area contributed by atoms with E-state index in [0.29, 0.717) is 12.3 Å². The van der Waals surface area contributed by atoms with Crippen molar-refractivity contribution in [3.8, 4) is 0 Å². The van der Waals surface area contributed by atoms with Crippen LogP contribution >= 0.6 is 11.3 Å². The monoisotopic (exact) mass is 365 g/mol. The second-order valence-corrected chi connectivity index (χ2v) is 7.31. The number of hydrogen-bond acceptors (Lipinski definition) is 4. The van der Waals surface area contributed by atoms with Crippen LogP contribution in [0.25, 0.3) is 0 Å². The highest BCUT2D eigenvalue weighted by molar-refractivity contribution is 7.09. The number of hydrogen-bond donors (Lipinski definition) is 2. The molecule has 2 rings (SSSR count). The van der Waals surface area contributed by atoms with Gasteiger partial charge < -0.3 is 15.5 Å². The van der Waals surface area contributed by atoms with Gasteiger partial charge in [0.25, 0.3) is 0 Å². The van der Waals surface area contributed by atoms with Crippen molar-refractivity contribution >= 4 is 23.2 Å². The van der Waals surface area contributed by atoms with Gasteiger partial charge in [-0.2, -0.15) is 0 Å². The van der Waals surface area contributed by atoms with Crippen LogP contribution in [-0.2, 0) is 11.2 Å². The maximum atomic E-state index is 11.6. The highest BCUT2D eigenvalue weighted by Crippen LogP contribution is 2.11. The van der Waals surface area contributed by atoms with Gasteiger partial charge in [0.1, 0.15) is 0 Å². The lowest BCUT2D eigenvalue weighted by atomic mass is 10.2. The van der Waals surface area contributed by atoms with Gasteiger partial charge in [-0.15, -0.1) is 11.3 Å². The summed E-state index contributed by atoms with van der Waals surface area (Å²) in [6.45, 7) is 8.38. The Morgan fingerprint density at radius 1 is 1.36 bits per heavy atom. The van der Waals surface area contributed by atoms with E-state index in [9.17, 15) is 4.79 Å². The molecule has 6 nitrogen and oxygen atoms in total. The van der Waals surface area contributed by atoms with Crippen LogP contribution in [0.15, 0.2) is 10.4 Å². The van der Waals surface area contributed by atoms with Gasteiger partial charge in [-0.3, -0.25) is 9.79 Å². The molecule has 0 atom stereocenters. The smallest absolute Gasteiger partial charge is 0.222 e. The standard InChI is InChI=1S/C18H31N5OS/c1-3-19-18(21-11-7-13-23-12-6-9-17(23)24)20-10-5-4-8-16-22-15(2)14-25-16/h14H,3-13H2,1-2H3,(H2,19,20,21). The summed E-state index contributed by atoms with van der Waals surface area (Å²) in [5.41, 5.74) is 1.12. The summed E-state index contributed by atoms with van der Waals surface area (Å²) in [6, 6.07) is 0. The minimum absolute atomic E-state index is 0.296. The average molecular weight is 366 g/mol. The highest BCUT2D eigenvalue weighted by atomic mass is 32.1. The molecule has 0 unspecified atom stereocenters. The van der Waals surface area contributed by atoms with Gasteiger partial charge in [-0.1, -0.05) is 0 Å². The summed E-state index contributed by atoms with van der Waals surface area (Å²) in [5, 5.41) is 10.0. The van der Waals surface area contributed by atoms with E-state index >= 15 is 0 Å². The number of rotatable bonds is 10. The zero-order valence-electron chi connectivity index (χ0n) is 15.5. The van der Waals surface area contributed by atoms with Crippen molar-refractivity contribution in [1.29, 1.82) is 0 Å². The zero-order chi connectivity index (χ0) is 17.9. The lowest BCUT2D eigenvalue weighted by Gasteiger charge is -2.15. The summed E-state index contributed by atoms with van der Waals surface area (Å²) in [7, 11) is 0. The van der Waals surface area contributed by atoms with Gasteiger partial charge in [0.05, 0.1) is 5.01 Å². The Morgan fingerprint density at radius 3 is 2.92 bits per heavy atom. The van der Waals surface area contributed by atoms with Crippen molar-refractivity contribution in [3.63, 3.8) is 0 Å². The van der Waals surface area contributed by atoms with Crippen molar-refractivity contribution in [1.82, 2.24) is 20.5 Å². The number of unbranched alkanes of at least 4 members (excludes halogenated alkanes) is 1. The molecule has 1 saturated heterocycles. The molecule has 2 heterocycles. The number of guanidine groups is 1. The second-order valence-electron chi connectivity index (χ2n) is 6.37. The Bertz CT molecular complexity index is 557. The molecule has 0 spiro atoms. The maximum absolute atomic E-state index is 11.6. The van der Waals surface area contributed by atoms with E-state index in [2.05, 4.69) is 32.9 Å². The molecule has 0 aromatic carbocycles. The van der Waals surface area contributed by atoms with E-state index < -0.39 is 0 Å². The topological polar surface area (TPSA) is 69.6 Å². The molecule has 1 amide bonds. The molecule has 2 N–H and O–H groups in total. The normalized spacial score (nSPS) is 15.0. The lowest BCUT2D eigenvalue weighted by molar-refractivity contribution is -0.127. The molecule has 1 aliphatic rings. The first-order valence-corrected chi connectivity index (χ1v) is 10.3. The summed E-state index contributed by atoms with van der Waals surface area (Å²) >= 11 is 1.75. The summed E-state index contributed by atoms with van der Waals surface area (Å²) in [5.74, 6) is 1.17. The van der Waals surface area contributed by atoms with E-state index in [-0.39, 0.29) is 0 Å². The number of amides is 1. The Balaban J connectivity index is 1.59.